The van der Waals surface area contributed by atoms with Gasteiger partial charge in [-0.25, -0.2) is 0 Å². The summed E-state index contributed by atoms with van der Waals surface area (Å²) in [4.78, 5) is 12.6. The lowest BCUT2D eigenvalue weighted by molar-refractivity contribution is -0.117. The van der Waals surface area contributed by atoms with Crippen LogP contribution in [-0.4, -0.2) is 5.91 Å². The van der Waals surface area contributed by atoms with Gasteiger partial charge in [-0.1, -0.05) is 55.5 Å². The van der Waals surface area contributed by atoms with Crippen LogP contribution in [0.1, 0.15) is 24.8 Å². The monoisotopic (exact) mass is 330 g/mol. The highest BCUT2D eigenvalue weighted by atomic mass is 16.1. The second-order valence-corrected chi connectivity index (χ2v) is 5.93. The molecule has 0 aliphatic rings. The van der Waals surface area contributed by atoms with E-state index < -0.39 is 0 Å². The van der Waals surface area contributed by atoms with Crippen LogP contribution in [0.4, 0.5) is 17.1 Å². The molecule has 3 nitrogen and oxygen atoms in total. The zero-order chi connectivity index (χ0) is 17.5. The van der Waals surface area contributed by atoms with Crippen LogP contribution in [0, 0.1) is 0 Å². The minimum atomic E-state index is -0.136. The maximum Gasteiger partial charge on any atom is 0.231 e. The van der Waals surface area contributed by atoms with Crippen molar-refractivity contribution in [2.75, 3.05) is 10.6 Å². The van der Waals surface area contributed by atoms with Gasteiger partial charge < -0.3 is 10.6 Å². The van der Waals surface area contributed by atoms with E-state index in [-0.39, 0.29) is 11.8 Å². The number of carbonyl (C=O) groups excluding carboxylic acids is 1. The maximum absolute atomic E-state index is 12.6. The lowest BCUT2D eigenvalue weighted by atomic mass is 9.95. The Balaban J connectivity index is 1.65. The Labute approximate surface area is 148 Å². The third-order valence-corrected chi connectivity index (χ3v) is 4.14. The third kappa shape index (κ3) is 4.48. The highest BCUT2D eigenvalue weighted by Gasteiger charge is 2.18. The Morgan fingerprint density at radius 1 is 0.760 bits per heavy atom. The van der Waals surface area contributed by atoms with Crippen molar-refractivity contribution in [1.82, 2.24) is 0 Å². The molecular weight excluding hydrogens is 308 g/mol. The van der Waals surface area contributed by atoms with E-state index in [1.807, 2.05) is 91.9 Å². The van der Waals surface area contributed by atoms with Crippen molar-refractivity contribution in [3.8, 4) is 0 Å². The zero-order valence-electron chi connectivity index (χ0n) is 14.3. The molecule has 0 radical (unpaired) electrons. The molecule has 3 aromatic rings. The van der Waals surface area contributed by atoms with Gasteiger partial charge in [0.25, 0.3) is 0 Å². The van der Waals surface area contributed by atoms with Crippen molar-refractivity contribution >= 4 is 23.0 Å². The number of carbonyl (C=O) groups is 1. The van der Waals surface area contributed by atoms with Gasteiger partial charge in [-0.3, -0.25) is 4.79 Å². The quantitative estimate of drug-likeness (QED) is 0.621. The Hall–Kier alpha value is -3.07. The van der Waals surface area contributed by atoms with Crippen LogP contribution in [0.15, 0.2) is 84.9 Å². The molecule has 0 fully saturated rings. The standard InChI is InChI=1S/C22H22N2O/c1-2-21(17-9-5-3-6-10-17)22(25)24-20-15-13-19(14-16-20)23-18-11-7-4-8-12-18/h3-16,21,23H,2H2,1H3,(H,24,25)/t21-/m1/s1. The average molecular weight is 330 g/mol. The lowest BCUT2D eigenvalue weighted by Crippen LogP contribution is -2.20. The van der Waals surface area contributed by atoms with E-state index in [0.29, 0.717) is 0 Å². The molecule has 25 heavy (non-hydrogen) atoms. The number of benzene rings is 3. The summed E-state index contributed by atoms with van der Waals surface area (Å²) < 4.78 is 0. The minimum absolute atomic E-state index is 0.0254. The number of hydrogen-bond acceptors (Lipinski definition) is 2. The molecule has 0 saturated heterocycles. The van der Waals surface area contributed by atoms with Crippen molar-refractivity contribution < 1.29 is 4.79 Å². The summed E-state index contributed by atoms with van der Waals surface area (Å²) in [6.45, 7) is 2.03. The summed E-state index contributed by atoms with van der Waals surface area (Å²) in [6, 6.07) is 27.7. The number of anilines is 3. The first-order chi connectivity index (χ1) is 12.3. The molecule has 0 aromatic heterocycles. The Morgan fingerprint density at radius 2 is 1.28 bits per heavy atom. The van der Waals surface area contributed by atoms with Crippen LogP contribution in [0.25, 0.3) is 0 Å². The van der Waals surface area contributed by atoms with Crippen molar-refractivity contribution in [2.45, 2.75) is 19.3 Å². The Bertz CT molecular complexity index is 798. The summed E-state index contributed by atoms with van der Waals surface area (Å²) >= 11 is 0. The Morgan fingerprint density at radius 3 is 1.88 bits per heavy atom. The maximum atomic E-state index is 12.6. The minimum Gasteiger partial charge on any atom is -0.356 e. The normalized spacial score (nSPS) is 11.6. The summed E-state index contributed by atoms with van der Waals surface area (Å²) in [5.74, 6) is -0.110. The van der Waals surface area contributed by atoms with Gasteiger partial charge in [0.1, 0.15) is 0 Å². The van der Waals surface area contributed by atoms with Gasteiger partial charge in [-0.15, -0.1) is 0 Å². The fourth-order valence-corrected chi connectivity index (χ4v) is 2.81. The summed E-state index contributed by atoms with van der Waals surface area (Å²) in [5, 5.41) is 6.35. The molecule has 0 aliphatic heterocycles. The second kappa shape index (κ2) is 8.15. The van der Waals surface area contributed by atoms with Crippen molar-refractivity contribution in [2.24, 2.45) is 0 Å². The predicted octanol–water partition coefficient (Wildman–Crippen LogP) is 5.56. The van der Waals surface area contributed by atoms with Gasteiger partial charge in [-0.2, -0.15) is 0 Å². The van der Waals surface area contributed by atoms with Crippen molar-refractivity contribution in [1.29, 1.82) is 0 Å². The fraction of sp³-hybridized carbons (Fsp3) is 0.136. The van der Waals surface area contributed by atoms with Crippen LogP contribution in [0.2, 0.25) is 0 Å². The van der Waals surface area contributed by atoms with Crippen LogP contribution < -0.4 is 10.6 Å². The van der Waals surface area contributed by atoms with Gasteiger partial charge in [0.2, 0.25) is 5.91 Å². The number of nitrogens with one attached hydrogen (secondary N) is 2. The van der Waals surface area contributed by atoms with E-state index in [4.69, 9.17) is 0 Å². The first-order valence-corrected chi connectivity index (χ1v) is 8.54. The second-order valence-electron chi connectivity index (χ2n) is 5.93. The third-order valence-electron chi connectivity index (χ3n) is 4.14. The molecule has 0 saturated carbocycles. The molecule has 3 aromatic carbocycles. The molecular formula is C22H22N2O. The topological polar surface area (TPSA) is 41.1 Å². The van der Waals surface area contributed by atoms with E-state index >= 15 is 0 Å². The van der Waals surface area contributed by atoms with Crippen LogP contribution in [0.3, 0.4) is 0 Å². The van der Waals surface area contributed by atoms with E-state index in [2.05, 4.69) is 10.6 Å². The lowest BCUT2D eigenvalue weighted by Gasteiger charge is -2.16. The Kier molecular flexibility index (Phi) is 5.47. The number of rotatable bonds is 6. The molecule has 0 spiro atoms. The molecule has 0 bridgehead atoms. The van der Waals surface area contributed by atoms with Crippen LogP contribution in [-0.2, 0) is 4.79 Å². The smallest absolute Gasteiger partial charge is 0.231 e. The molecule has 3 heteroatoms. The molecule has 0 unspecified atom stereocenters. The molecule has 126 valence electrons. The molecule has 0 heterocycles. The zero-order valence-corrected chi connectivity index (χ0v) is 14.3. The predicted molar refractivity (Wildman–Crippen MR) is 104 cm³/mol. The van der Waals surface area contributed by atoms with Crippen LogP contribution >= 0.6 is 0 Å². The van der Waals surface area contributed by atoms with Gasteiger partial charge in [0, 0.05) is 17.1 Å². The summed E-state index contributed by atoms with van der Waals surface area (Å²) in [7, 11) is 0. The molecule has 3 rings (SSSR count). The SMILES string of the molecule is CC[C@@H](C(=O)Nc1ccc(Nc2ccccc2)cc1)c1ccccc1. The highest BCUT2D eigenvalue weighted by Crippen LogP contribution is 2.23. The van der Waals surface area contributed by atoms with E-state index in [1.165, 1.54) is 0 Å². The van der Waals surface area contributed by atoms with E-state index in [9.17, 15) is 4.79 Å². The van der Waals surface area contributed by atoms with Crippen molar-refractivity contribution in [3.05, 3.63) is 90.5 Å². The highest BCUT2D eigenvalue weighted by molar-refractivity contribution is 5.96. The van der Waals surface area contributed by atoms with E-state index in [0.717, 1.165) is 29.0 Å². The first kappa shape index (κ1) is 16.8. The first-order valence-electron chi connectivity index (χ1n) is 8.54. The number of hydrogen-bond donors (Lipinski definition) is 2. The summed E-state index contributed by atoms with van der Waals surface area (Å²) in [6.07, 6.45) is 0.767. The number of amides is 1. The molecule has 2 N–H and O–H groups in total. The fourth-order valence-electron chi connectivity index (χ4n) is 2.81. The number of para-hydroxylation sites is 1. The van der Waals surface area contributed by atoms with Gasteiger partial charge >= 0.3 is 0 Å². The average Bonchev–Trinajstić information content (AvgIpc) is 2.66. The van der Waals surface area contributed by atoms with Crippen LogP contribution in [0.5, 0.6) is 0 Å². The van der Waals surface area contributed by atoms with Gasteiger partial charge in [0.05, 0.1) is 5.92 Å². The van der Waals surface area contributed by atoms with Gasteiger partial charge in [-0.05, 0) is 48.4 Å². The summed E-state index contributed by atoms with van der Waals surface area (Å²) in [5.41, 5.74) is 3.87. The van der Waals surface area contributed by atoms with E-state index in [1.54, 1.807) is 0 Å². The molecule has 0 aliphatic carbocycles. The van der Waals surface area contributed by atoms with Crippen molar-refractivity contribution in [3.63, 3.8) is 0 Å². The van der Waals surface area contributed by atoms with Gasteiger partial charge in [0.15, 0.2) is 0 Å². The largest absolute Gasteiger partial charge is 0.356 e. The molecule has 1 amide bonds. The molecule has 1 atom stereocenters.